The van der Waals surface area contributed by atoms with Crippen LogP contribution in [0.3, 0.4) is 0 Å². The highest BCUT2D eigenvalue weighted by molar-refractivity contribution is 7.98. The van der Waals surface area contributed by atoms with E-state index in [9.17, 15) is 8.42 Å². The van der Waals surface area contributed by atoms with E-state index in [1.165, 1.54) is 5.56 Å². The van der Waals surface area contributed by atoms with E-state index in [-0.39, 0.29) is 0 Å². The van der Waals surface area contributed by atoms with E-state index < -0.39 is 10.0 Å². The summed E-state index contributed by atoms with van der Waals surface area (Å²) in [4.78, 5) is 0.352. The molecule has 0 saturated carbocycles. The molecule has 120 valence electrons. The van der Waals surface area contributed by atoms with Gasteiger partial charge in [-0.15, -0.1) is 0 Å². The molecule has 0 bridgehead atoms. The lowest BCUT2D eigenvalue weighted by Crippen LogP contribution is -2.24. The van der Waals surface area contributed by atoms with Crippen molar-refractivity contribution in [2.24, 2.45) is 0 Å². The topological polar surface area (TPSA) is 58.2 Å². The van der Waals surface area contributed by atoms with Crippen LogP contribution in [0, 0.1) is 0 Å². The van der Waals surface area contributed by atoms with E-state index in [4.69, 9.17) is 0 Å². The van der Waals surface area contributed by atoms with Gasteiger partial charge in [-0.2, -0.15) is 11.8 Å². The number of hydrogen-bond acceptors (Lipinski definition) is 4. The van der Waals surface area contributed by atoms with Gasteiger partial charge in [-0.05, 0) is 69.0 Å². The van der Waals surface area contributed by atoms with Crippen LogP contribution in [0.1, 0.15) is 24.8 Å². The lowest BCUT2D eigenvalue weighted by atomic mass is 10.1. The second kappa shape index (κ2) is 10.2. The Morgan fingerprint density at radius 3 is 2.38 bits per heavy atom. The van der Waals surface area contributed by atoms with Crippen LogP contribution in [0.2, 0.25) is 0 Å². The summed E-state index contributed by atoms with van der Waals surface area (Å²) in [7, 11) is -1.43. The molecule has 2 N–H and O–H groups in total. The number of rotatable bonds is 11. The molecular weight excluding hydrogens is 304 g/mol. The zero-order valence-corrected chi connectivity index (χ0v) is 14.5. The van der Waals surface area contributed by atoms with Gasteiger partial charge in [0.25, 0.3) is 0 Å². The molecule has 0 aliphatic heterocycles. The van der Waals surface area contributed by atoms with Gasteiger partial charge in [-0.25, -0.2) is 13.1 Å². The molecule has 0 fully saturated rings. The lowest BCUT2D eigenvalue weighted by Gasteiger charge is -2.08. The average Bonchev–Trinajstić information content (AvgIpc) is 2.48. The van der Waals surface area contributed by atoms with E-state index >= 15 is 0 Å². The first-order valence-corrected chi connectivity index (χ1v) is 10.2. The fourth-order valence-corrected chi connectivity index (χ4v) is 3.53. The SMILES string of the molecule is CNCCCc1ccc(S(=O)(=O)NCCCCSC)cc1. The smallest absolute Gasteiger partial charge is 0.240 e. The Morgan fingerprint density at radius 2 is 1.76 bits per heavy atom. The molecule has 1 aromatic carbocycles. The van der Waals surface area contributed by atoms with Crippen LogP contribution in [-0.2, 0) is 16.4 Å². The third-order valence-corrected chi connectivity index (χ3v) is 5.37. The van der Waals surface area contributed by atoms with Gasteiger partial charge < -0.3 is 5.32 Å². The van der Waals surface area contributed by atoms with Crippen molar-refractivity contribution in [3.8, 4) is 0 Å². The molecule has 0 unspecified atom stereocenters. The summed E-state index contributed by atoms with van der Waals surface area (Å²) in [6.45, 7) is 1.48. The number of unbranched alkanes of at least 4 members (excludes halogenated alkanes) is 1. The van der Waals surface area contributed by atoms with Crippen molar-refractivity contribution in [2.45, 2.75) is 30.6 Å². The van der Waals surface area contributed by atoms with Crippen LogP contribution < -0.4 is 10.0 Å². The Kier molecular flexibility index (Phi) is 8.99. The molecule has 6 heteroatoms. The molecule has 0 atom stereocenters. The fraction of sp³-hybridized carbons (Fsp3) is 0.600. The van der Waals surface area contributed by atoms with Crippen LogP contribution in [-0.4, -0.2) is 40.6 Å². The first-order chi connectivity index (χ1) is 10.1. The van der Waals surface area contributed by atoms with Crippen LogP contribution in [0.4, 0.5) is 0 Å². The normalized spacial score (nSPS) is 11.7. The number of thioether (sulfide) groups is 1. The summed E-state index contributed by atoms with van der Waals surface area (Å²) in [5.41, 5.74) is 1.17. The number of aryl methyl sites for hydroxylation is 1. The van der Waals surface area contributed by atoms with Gasteiger partial charge in [-0.3, -0.25) is 0 Å². The molecule has 0 heterocycles. The van der Waals surface area contributed by atoms with E-state index in [1.54, 1.807) is 23.9 Å². The molecule has 0 aliphatic rings. The maximum Gasteiger partial charge on any atom is 0.240 e. The summed E-state index contributed by atoms with van der Waals surface area (Å²) in [5, 5.41) is 3.10. The van der Waals surface area contributed by atoms with Gasteiger partial charge in [0.05, 0.1) is 4.90 Å². The van der Waals surface area contributed by atoms with Gasteiger partial charge in [0.2, 0.25) is 10.0 Å². The minimum atomic E-state index is -3.36. The molecule has 1 rings (SSSR count). The highest BCUT2D eigenvalue weighted by Gasteiger charge is 2.12. The van der Waals surface area contributed by atoms with Crippen LogP contribution >= 0.6 is 11.8 Å². The number of benzene rings is 1. The van der Waals surface area contributed by atoms with Crippen LogP contribution in [0.5, 0.6) is 0 Å². The summed E-state index contributed by atoms with van der Waals surface area (Å²) in [6.07, 6.45) is 5.98. The summed E-state index contributed by atoms with van der Waals surface area (Å²) >= 11 is 1.78. The van der Waals surface area contributed by atoms with Crippen molar-refractivity contribution in [3.63, 3.8) is 0 Å². The van der Waals surface area contributed by atoms with Gasteiger partial charge in [0.1, 0.15) is 0 Å². The minimum absolute atomic E-state index is 0.352. The summed E-state index contributed by atoms with van der Waals surface area (Å²) in [5.74, 6) is 1.07. The largest absolute Gasteiger partial charge is 0.320 e. The maximum absolute atomic E-state index is 12.1. The zero-order valence-electron chi connectivity index (χ0n) is 12.9. The Balaban J connectivity index is 2.47. The molecule has 4 nitrogen and oxygen atoms in total. The first-order valence-electron chi connectivity index (χ1n) is 7.32. The molecule has 0 spiro atoms. The number of nitrogens with one attached hydrogen (secondary N) is 2. The van der Waals surface area contributed by atoms with Crippen molar-refractivity contribution < 1.29 is 8.42 Å². The fourth-order valence-electron chi connectivity index (χ4n) is 1.97. The molecule has 0 radical (unpaired) electrons. The van der Waals surface area contributed by atoms with Crippen molar-refractivity contribution >= 4 is 21.8 Å². The number of hydrogen-bond donors (Lipinski definition) is 2. The monoisotopic (exact) mass is 330 g/mol. The summed E-state index contributed by atoms with van der Waals surface area (Å²) in [6, 6.07) is 7.19. The highest BCUT2D eigenvalue weighted by Crippen LogP contribution is 2.12. The molecule has 0 amide bonds. The van der Waals surface area contributed by atoms with Crippen LogP contribution in [0.25, 0.3) is 0 Å². The maximum atomic E-state index is 12.1. The van der Waals surface area contributed by atoms with Crippen molar-refractivity contribution in [1.82, 2.24) is 10.0 Å². The van der Waals surface area contributed by atoms with Gasteiger partial charge in [-0.1, -0.05) is 12.1 Å². The van der Waals surface area contributed by atoms with Crippen LogP contribution in [0.15, 0.2) is 29.2 Å². The Hall–Kier alpha value is -0.560. The predicted octanol–water partition coefficient (Wildman–Crippen LogP) is 2.26. The van der Waals surface area contributed by atoms with Crippen molar-refractivity contribution in [3.05, 3.63) is 29.8 Å². The molecular formula is C15H26N2O2S2. The van der Waals surface area contributed by atoms with E-state index in [0.717, 1.165) is 38.0 Å². The van der Waals surface area contributed by atoms with Gasteiger partial charge >= 0.3 is 0 Å². The third kappa shape index (κ3) is 7.31. The second-order valence-electron chi connectivity index (χ2n) is 4.95. The van der Waals surface area contributed by atoms with E-state index in [0.29, 0.717) is 11.4 Å². The molecule has 0 aliphatic carbocycles. The molecule has 21 heavy (non-hydrogen) atoms. The molecule has 1 aromatic rings. The quantitative estimate of drug-likeness (QED) is 0.611. The summed E-state index contributed by atoms with van der Waals surface area (Å²) < 4.78 is 26.9. The highest BCUT2D eigenvalue weighted by atomic mass is 32.2. The molecule has 0 saturated heterocycles. The Labute approximate surface area is 133 Å². The lowest BCUT2D eigenvalue weighted by molar-refractivity contribution is 0.578. The zero-order chi connectivity index (χ0) is 15.6. The predicted molar refractivity (Wildman–Crippen MR) is 91.5 cm³/mol. The van der Waals surface area contributed by atoms with E-state index in [2.05, 4.69) is 16.3 Å². The molecule has 0 aromatic heterocycles. The Bertz CT molecular complexity index is 487. The number of sulfonamides is 1. The minimum Gasteiger partial charge on any atom is -0.320 e. The first kappa shape index (κ1) is 18.5. The van der Waals surface area contributed by atoms with E-state index in [1.807, 2.05) is 19.2 Å². The standard InChI is InChI=1S/C15H26N2O2S2/c1-16-11-5-6-14-7-9-15(10-8-14)21(18,19)17-12-3-4-13-20-2/h7-10,16-17H,3-6,11-13H2,1-2H3. The van der Waals surface area contributed by atoms with Gasteiger partial charge in [0, 0.05) is 6.54 Å². The van der Waals surface area contributed by atoms with Crippen molar-refractivity contribution in [2.75, 3.05) is 32.1 Å². The third-order valence-electron chi connectivity index (χ3n) is 3.19. The van der Waals surface area contributed by atoms with Crippen molar-refractivity contribution in [1.29, 1.82) is 0 Å². The second-order valence-corrected chi connectivity index (χ2v) is 7.70. The average molecular weight is 331 g/mol. The van der Waals surface area contributed by atoms with Gasteiger partial charge in [0.15, 0.2) is 0 Å². The Morgan fingerprint density at radius 1 is 1.05 bits per heavy atom.